The van der Waals surface area contributed by atoms with Crippen LogP contribution in [-0.2, 0) is 4.74 Å². The summed E-state index contributed by atoms with van der Waals surface area (Å²) < 4.78 is 11.3. The molecule has 1 aromatic heterocycles. The van der Waals surface area contributed by atoms with Gasteiger partial charge in [0.05, 0.1) is 15.8 Å². The second-order valence-electron chi connectivity index (χ2n) is 5.00. The van der Waals surface area contributed by atoms with E-state index in [1.54, 1.807) is 24.3 Å². The SMILES string of the molecule is COc1cc2ccccc2cc1C(=O)OCC(=O)c1ccc(Br)s1. The lowest BCUT2D eigenvalue weighted by Gasteiger charge is -2.10. The molecule has 1 heterocycles. The van der Waals surface area contributed by atoms with E-state index >= 15 is 0 Å². The molecule has 0 aliphatic carbocycles. The Bertz CT molecular complexity index is 916. The van der Waals surface area contributed by atoms with Crippen molar-refractivity contribution in [3.63, 3.8) is 0 Å². The van der Waals surface area contributed by atoms with Crippen LogP contribution in [0.4, 0.5) is 0 Å². The van der Waals surface area contributed by atoms with Crippen molar-refractivity contribution in [1.82, 2.24) is 0 Å². The third kappa shape index (κ3) is 3.49. The molecular formula is C18H13BrO4S. The molecule has 0 amide bonds. The number of rotatable bonds is 5. The molecule has 0 saturated heterocycles. The predicted octanol–water partition coefficient (Wildman–Crippen LogP) is 4.71. The number of carbonyl (C=O) groups is 2. The maximum Gasteiger partial charge on any atom is 0.342 e. The molecule has 4 nitrogen and oxygen atoms in total. The average molecular weight is 405 g/mol. The zero-order valence-corrected chi connectivity index (χ0v) is 15.1. The maximum atomic E-state index is 12.3. The van der Waals surface area contributed by atoms with Crippen LogP contribution in [0.5, 0.6) is 5.75 Å². The Kier molecular flexibility index (Phi) is 4.97. The largest absolute Gasteiger partial charge is 0.496 e. The van der Waals surface area contributed by atoms with Crippen LogP contribution < -0.4 is 4.74 Å². The minimum Gasteiger partial charge on any atom is -0.496 e. The number of thiophene rings is 1. The highest BCUT2D eigenvalue weighted by Gasteiger charge is 2.17. The fraction of sp³-hybridized carbons (Fsp3) is 0.111. The van der Waals surface area contributed by atoms with E-state index in [0.717, 1.165) is 14.6 Å². The lowest BCUT2D eigenvalue weighted by atomic mass is 10.1. The van der Waals surface area contributed by atoms with Crippen molar-refractivity contribution < 1.29 is 19.1 Å². The first-order valence-electron chi connectivity index (χ1n) is 7.11. The number of ether oxygens (including phenoxy) is 2. The van der Waals surface area contributed by atoms with E-state index in [9.17, 15) is 9.59 Å². The van der Waals surface area contributed by atoms with E-state index in [4.69, 9.17) is 9.47 Å². The van der Waals surface area contributed by atoms with Gasteiger partial charge in [-0.15, -0.1) is 11.3 Å². The zero-order chi connectivity index (χ0) is 17.1. The number of Topliss-reactive ketones (excluding diaryl/α,β-unsaturated/α-hetero) is 1. The van der Waals surface area contributed by atoms with E-state index in [2.05, 4.69) is 15.9 Å². The maximum absolute atomic E-state index is 12.3. The first-order valence-corrected chi connectivity index (χ1v) is 8.72. The van der Waals surface area contributed by atoms with E-state index < -0.39 is 5.97 Å². The Morgan fingerprint density at radius 2 is 1.79 bits per heavy atom. The molecule has 0 atom stereocenters. The second kappa shape index (κ2) is 7.15. The fourth-order valence-electron chi connectivity index (χ4n) is 2.29. The molecular weight excluding hydrogens is 392 g/mol. The van der Waals surface area contributed by atoms with Gasteiger partial charge in [-0.25, -0.2) is 4.79 Å². The number of ketones is 1. The van der Waals surface area contributed by atoms with Gasteiger partial charge >= 0.3 is 5.97 Å². The number of fused-ring (bicyclic) bond motifs is 1. The molecule has 0 saturated carbocycles. The molecule has 24 heavy (non-hydrogen) atoms. The minimum absolute atomic E-state index is 0.237. The van der Waals surface area contributed by atoms with Crippen molar-refractivity contribution in [2.75, 3.05) is 13.7 Å². The van der Waals surface area contributed by atoms with Gasteiger partial charge in [0.15, 0.2) is 6.61 Å². The molecule has 0 spiro atoms. The summed E-state index contributed by atoms with van der Waals surface area (Å²) in [6, 6.07) is 14.6. The van der Waals surface area contributed by atoms with Gasteiger partial charge in [-0.3, -0.25) is 4.79 Å². The van der Waals surface area contributed by atoms with Crippen molar-refractivity contribution in [1.29, 1.82) is 0 Å². The molecule has 0 aliphatic rings. The lowest BCUT2D eigenvalue weighted by Crippen LogP contribution is -2.14. The summed E-state index contributed by atoms with van der Waals surface area (Å²) >= 11 is 4.61. The summed E-state index contributed by atoms with van der Waals surface area (Å²) in [6.07, 6.45) is 0. The van der Waals surface area contributed by atoms with Gasteiger partial charge in [0.25, 0.3) is 0 Å². The van der Waals surface area contributed by atoms with Crippen LogP contribution in [0.3, 0.4) is 0 Å². The fourth-order valence-corrected chi connectivity index (χ4v) is 3.60. The Morgan fingerprint density at radius 1 is 1.08 bits per heavy atom. The summed E-state index contributed by atoms with van der Waals surface area (Å²) in [4.78, 5) is 24.9. The molecule has 0 fully saturated rings. The molecule has 0 radical (unpaired) electrons. The molecule has 0 unspecified atom stereocenters. The first-order chi connectivity index (χ1) is 11.6. The highest BCUT2D eigenvalue weighted by molar-refractivity contribution is 9.11. The quantitative estimate of drug-likeness (QED) is 0.456. The number of esters is 1. The molecule has 2 aromatic carbocycles. The Labute approximate surface area is 151 Å². The van der Waals surface area contributed by atoms with Crippen LogP contribution in [0.1, 0.15) is 20.0 Å². The Hall–Kier alpha value is -2.18. The van der Waals surface area contributed by atoms with Gasteiger partial charge in [0, 0.05) is 0 Å². The van der Waals surface area contributed by atoms with Crippen molar-refractivity contribution in [3.8, 4) is 5.75 Å². The highest BCUT2D eigenvalue weighted by atomic mass is 79.9. The molecule has 3 rings (SSSR count). The van der Waals surface area contributed by atoms with E-state index in [0.29, 0.717) is 16.2 Å². The van der Waals surface area contributed by atoms with Crippen molar-refractivity contribution in [3.05, 3.63) is 62.8 Å². The van der Waals surface area contributed by atoms with Crippen LogP contribution in [0.15, 0.2) is 52.3 Å². The third-order valence-corrected chi connectivity index (χ3v) is 5.13. The summed E-state index contributed by atoms with van der Waals surface area (Å²) in [6.45, 7) is -0.304. The number of benzene rings is 2. The Balaban J connectivity index is 1.79. The number of methoxy groups -OCH3 is 1. The van der Waals surface area contributed by atoms with Crippen LogP contribution in [0, 0.1) is 0 Å². The van der Waals surface area contributed by atoms with Gasteiger partial charge < -0.3 is 9.47 Å². The van der Waals surface area contributed by atoms with Crippen LogP contribution >= 0.6 is 27.3 Å². The summed E-state index contributed by atoms with van der Waals surface area (Å²) in [7, 11) is 1.50. The summed E-state index contributed by atoms with van der Waals surface area (Å²) in [5.74, 6) is -0.398. The first kappa shape index (κ1) is 16.7. The van der Waals surface area contributed by atoms with Crippen LogP contribution in [-0.4, -0.2) is 25.5 Å². The molecule has 6 heteroatoms. The number of halogens is 1. The van der Waals surface area contributed by atoms with E-state index in [1.807, 2.05) is 24.3 Å². The van der Waals surface area contributed by atoms with Crippen molar-refractivity contribution >= 4 is 49.8 Å². The molecule has 3 aromatic rings. The van der Waals surface area contributed by atoms with Gasteiger partial charge in [0.2, 0.25) is 5.78 Å². The van der Waals surface area contributed by atoms with Gasteiger partial charge in [-0.1, -0.05) is 24.3 Å². The van der Waals surface area contributed by atoms with Gasteiger partial charge in [0.1, 0.15) is 11.3 Å². The van der Waals surface area contributed by atoms with E-state index in [-0.39, 0.29) is 12.4 Å². The van der Waals surface area contributed by atoms with Crippen LogP contribution in [0.25, 0.3) is 10.8 Å². The monoisotopic (exact) mass is 404 g/mol. The summed E-state index contributed by atoms with van der Waals surface area (Å²) in [5, 5.41) is 1.86. The topological polar surface area (TPSA) is 52.6 Å². The number of hydrogen-bond acceptors (Lipinski definition) is 5. The smallest absolute Gasteiger partial charge is 0.342 e. The van der Waals surface area contributed by atoms with Gasteiger partial charge in [-0.2, -0.15) is 0 Å². The third-order valence-electron chi connectivity index (χ3n) is 3.47. The second-order valence-corrected chi connectivity index (χ2v) is 7.47. The normalized spacial score (nSPS) is 10.6. The molecule has 0 aliphatic heterocycles. The number of hydrogen-bond donors (Lipinski definition) is 0. The predicted molar refractivity (Wildman–Crippen MR) is 97.1 cm³/mol. The van der Waals surface area contributed by atoms with E-state index in [1.165, 1.54) is 18.4 Å². The molecule has 0 N–H and O–H groups in total. The zero-order valence-electron chi connectivity index (χ0n) is 12.7. The van der Waals surface area contributed by atoms with Crippen molar-refractivity contribution in [2.45, 2.75) is 0 Å². The molecule has 0 bridgehead atoms. The molecule has 122 valence electrons. The van der Waals surface area contributed by atoms with Gasteiger partial charge in [-0.05, 0) is 51.0 Å². The Morgan fingerprint density at radius 3 is 2.42 bits per heavy atom. The van der Waals surface area contributed by atoms with Crippen molar-refractivity contribution in [2.24, 2.45) is 0 Å². The van der Waals surface area contributed by atoms with Crippen LogP contribution in [0.2, 0.25) is 0 Å². The highest BCUT2D eigenvalue weighted by Crippen LogP contribution is 2.27. The summed E-state index contributed by atoms with van der Waals surface area (Å²) in [5.41, 5.74) is 0.302. The standard InChI is InChI=1S/C18H13BrO4S/c1-22-15-9-12-5-3-2-4-11(12)8-13(15)18(21)23-10-14(20)16-6-7-17(19)24-16/h2-9H,10H2,1H3. The average Bonchev–Trinajstić information content (AvgIpc) is 3.04. The number of carbonyl (C=O) groups excluding carboxylic acids is 2. The lowest BCUT2D eigenvalue weighted by molar-refractivity contribution is 0.0473. The minimum atomic E-state index is -0.582.